The summed E-state index contributed by atoms with van der Waals surface area (Å²) in [5.74, 6) is 0. The van der Waals surface area contributed by atoms with E-state index in [4.69, 9.17) is 29.1 Å². The Morgan fingerprint density at radius 3 is 1.79 bits per heavy atom. The van der Waals surface area contributed by atoms with Crippen LogP contribution in [0.5, 0.6) is 0 Å². The second-order valence-corrected chi connectivity index (χ2v) is 8.60. The van der Waals surface area contributed by atoms with Crippen LogP contribution in [0.2, 0.25) is 0 Å². The van der Waals surface area contributed by atoms with Crippen LogP contribution in [0.1, 0.15) is 27.7 Å². The standard InChI is InChI=1S/C8H27N4O4P3/c1-5-13-18(14-6-2)12-19(15-7-3,16-8-4)11-17(9)10/h12,17,19H,5-8H2,1-4H3,(H4,9,10,11). The second kappa shape index (κ2) is 11.5. The van der Waals surface area contributed by atoms with E-state index >= 15 is 0 Å². The van der Waals surface area contributed by atoms with Gasteiger partial charge in [-0.1, -0.05) is 0 Å². The Kier molecular flexibility index (Phi) is 12.0. The molecule has 0 fully saturated rings. The van der Waals surface area contributed by atoms with Crippen molar-refractivity contribution >= 4 is 24.6 Å². The molecule has 0 saturated heterocycles. The van der Waals surface area contributed by atoms with E-state index in [1.54, 1.807) is 0 Å². The van der Waals surface area contributed by atoms with Crippen molar-refractivity contribution in [2.45, 2.75) is 27.7 Å². The van der Waals surface area contributed by atoms with Gasteiger partial charge >= 0.3 is 117 Å². The third-order valence-electron chi connectivity index (χ3n) is 1.68. The molecule has 0 radical (unpaired) electrons. The molecule has 0 amide bonds. The van der Waals surface area contributed by atoms with Crippen LogP contribution < -0.4 is 15.9 Å². The predicted molar refractivity (Wildman–Crippen MR) is 84.0 cm³/mol. The molecule has 0 spiro atoms. The van der Waals surface area contributed by atoms with Gasteiger partial charge in [0.1, 0.15) is 0 Å². The third-order valence-corrected chi connectivity index (χ3v) is 8.10. The van der Waals surface area contributed by atoms with E-state index in [1.807, 2.05) is 27.7 Å². The van der Waals surface area contributed by atoms with Crippen LogP contribution in [-0.4, -0.2) is 26.4 Å². The zero-order valence-electron chi connectivity index (χ0n) is 12.0. The van der Waals surface area contributed by atoms with Crippen LogP contribution in [0.3, 0.4) is 0 Å². The first kappa shape index (κ1) is 19.8. The molecule has 0 aliphatic heterocycles. The van der Waals surface area contributed by atoms with Crippen molar-refractivity contribution in [2.24, 2.45) is 15.5 Å². The molecule has 11 heteroatoms. The topological polar surface area (TPSA) is 113 Å². The molecular formula is C8H27N4O4P3. The Bertz CT molecular complexity index is 256. The van der Waals surface area contributed by atoms with E-state index in [2.05, 4.69) is 9.37 Å². The minimum absolute atomic E-state index is 0.444. The summed E-state index contributed by atoms with van der Waals surface area (Å²) in [6.07, 6.45) is 0. The van der Waals surface area contributed by atoms with Crippen LogP contribution in [0.25, 0.3) is 0 Å². The molecule has 0 saturated carbocycles. The van der Waals surface area contributed by atoms with E-state index in [0.29, 0.717) is 26.4 Å². The fourth-order valence-electron chi connectivity index (χ4n) is 1.21. The average molecular weight is 336 g/mol. The molecule has 0 bridgehead atoms. The number of hydrogen-bond acceptors (Lipinski definition) is 6. The molecule has 8 nitrogen and oxygen atoms in total. The fraction of sp³-hybridized carbons (Fsp3) is 1.00. The van der Waals surface area contributed by atoms with Gasteiger partial charge in [0.2, 0.25) is 0 Å². The van der Waals surface area contributed by atoms with Gasteiger partial charge < -0.3 is 0 Å². The van der Waals surface area contributed by atoms with Crippen LogP contribution in [0.15, 0.2) is 4.52 Å². The maximum absolute atomic E-state index is 5.66. The van der Waals surface area contributed by atoms with Crippen molar-refractivity contribution in [1.82, 2.24) is 4.86 Å². The summed E-state index contributed by atoms with van der Waals surface area (Å²) >= 11 is 0. The molecule has 0 heterocycles. The number of hydrogen-bond donors (Lipinski definition) is 3. The normalized spacial score (nSPS) is 13.3. The number of nitrogens with zero attached hydrogens (tertiary/aromatic N) is 1. The van der Waals surface area contributed by atoms with E-state index in [-0.39, 0.29) is 0 Å². The van der Waals surface area contributed by atoms with E-state index in [1.165, 1.54) is 0 Å². The monoisotopic (exact) mass is 336 g/mol. The Hall–Kier alpha value is 0.810. The van der Waals surface area contributed by atoms with Gasteiger partial charge in [-0.25, -0.2) is 0 Å². The van der Waals surface area contributed by atoms with Gasteiger partial charge in [-0.2, -0.15) is 0 Å². The molecule has 5 N–H and O–H groups in total. The molecule has 0 rings (SSSR count). The van der Waals surface area contributed by atoms with Crippen LogP contribution in [0, 0.1) is 0 Å². The summed E-state index contributed by atoms with van der Waals surface area (Å²) < 4.78 is 26.6. The van der Waals surface area contributed by atoms with Gasteiger partial charge in [-0.3, -0.25) is 0 Å². The van der Waals surface area contributed by atoms with Crippen molar-refractivity contribution in [3.8, 4) is 0 Å². The van der Waals surface area contributed by atoms with Gasteiger partial charge in [0.15, 0.2) is 0 Å². The predicted octanol–water partition coefficient (Wildman–Crippen LogP) is 2.50. The minimum atomic E-state index is -3.05. The first-order chi connectivity index (χ1) is 9.03. The van der Waals surface area contributed by atoms with Gasteiger partial charge in [-0.05, 0) is 0 Å². The average Bonchev–Trinajstić information content (AvgIpc) is 2.29. The van der Waals surface area contributed by atoms with Crippen LogP contribution in [0.4, 0.5) is 0 Å². The molecule has 19 heavy (non-hydrogen) atoms. The first-order valence-electron chi connectivity index (χ1n) is 6.25. The molecule has 0 aromatic rings. The molecule has 118 valence electrons. The van der Waals surface area contributed by atoms with E-state index in [9.17, 15) is 0 Å². The molecule has 0 atom stereocenters. The van der Waals surface area contributed by atoms with E-state index < -0.39 is 24.6 Å². The zero-order valence-corrected chi connectivity index (χ0v) is 14.9. The van der Waals surface area contributed by atoms with Crippen molar-refractivity contribution < 1.29 is 18.1 Å². The summed E-state index contributed by atoms with van der Waals surface area (Å²) in [5.41, 5.74) is 11.3. The molecule has 0 aromatic heterocycles. The van der Waals surface area contributed by atoms with Gasteiger partial charge in [0.05, 0.1) is 0 Å². The summed E-state index contributed by atoms with van der Waals surface area (Å²) in [5, 5.41) is 0. The number of nitrogens with two attached hydrogens (primary N) is 2. The molecule has 0 aliphatic carbocycles. The van der Waals surface area contributed by atoms with Crippen LogP contribution >= 0.6 is 24.6 Å². The maximum atomic E-state index is 5.66. The summed E-state index contributed by atoms with van der Waals surface area (Å²) in [6.45, 7) is 9.42. The van der Waals surface area contributed by atoms with Crippen molar-refractivity contribution in [1.29, 1.82) is 0 Å². The van der Waals surface area contributed by atoms with Crippen molar-refractivity contribution in [3.05, 3.63) is 0 Å². The third kappa shape index (κ3) is 8.64. The Morgan fingerprint density at radius 2 is 1.47 bits per heavy atom. The quantitative estimate of drug-likeness (QED) is 0.497. The molecular weight excluding hydrogens is 309 g/mol. The fourth-order valence-corrected chi connectivity index (χ4v) is 7.10. The zero-order chi connectivity index (χ0) is 14.7. The Morgan fingerprint density at radius 1 is 1.00 bits per heavy atom. The molecule has 0 aromatic carbocycles. The molecule has 0 aliphatic rings. The Labute approximate surface area is 118 Å². The van der Waals surface area contributed by atoms with Crippen molar-refractivity contribution in [2.75, 3.05) is 26.4 Å². The summed E-state index contributed by atoms with van der Waals surface area (Å²) in [6, 6.07) is 0. The molecule has 0 unspecified atom stereocenters. The van der Waals surface area contributed by atoms with Gasteiger partial charge in [-0.15, -0.1) is 0 Å². The Balaban J connectivity index is 5.00. The number of nitrogens with one attached hydrogen (secondary N) is 1. The first-order valence-corrected chi connectivity index (χ1v) is 10.8. The van der Waals surface area contributed by atoms with Crippen molar-refractivity contribution in [3.63, 3.8) is 0 Å². The van der Waals surface area contributed by atoms with E-state index in [0.717, 1.165) is 0 Å². The second-order valence-electron chi connectivity index (χ2n) is 3.19. The summed E-state index contributed by atoms with van der Waals surface area (Å²) in [4.78, 5) is 3.12. The SMILES string of the molecule is CCOP(N[PH](N=[PH](N)N)(OCC)OCC)OCC. The van der Waals surface area contributed by atoms with Gasteiger partial charge in [0, 0.05) is 0 Å². The van der Waals surface area contributed by atoms with Crippen LogP contribution in [-0.2, 0) is 18.1 Å². The van der Waals surface area contributed by atoms with Gasteiger partial charge in [0.25, 0.3) is 0 Å². The number of rotatable bonds is 11. The summed E-state index contributed by atoms with van der Waals surface area (Å²) in [7, 11) is -6.21.